The lowest BCUT2D eigenvalue weighted by molar-refractivity contribution is 0.600. The van der Waals surface area contributed by atoms with Crippen molar-refractivity contribution >= 4 is 21.5 Å². The molecule has 0 aliphatic rings. The van der Waals surface area contributed by atoms with E-state index in [0.29, 0.717) is 16.9 Å². The van der Waals surface area contributed by atoms with Gasteiger partial charge < -0.3 is 0 Å². The number of hydrogen-bond donors (Lipinski definition) is 1. The molecule has 0 fully saturated rings. The van der Waals surface area contributed by atoms with E-state index in [1.807, 2.05) is 30.3 Å². The smallest absolute Gasteiger partial charge is 0.263 e. The molecular formula is C19H13N5O2S. The third kappa shape index (κ3) is 3.12. The SMILES string of the molecule is C#Cc1cnn2c(NS(=O)(=O)c3cccnc3)cc(-c3ccccc3)nc12. The first-order chi connectivity index (χ1) is 13.1. The van der Waals surface area contributed by atoms with Crippen molar-refractivity contribution < 1.29 is 8.42 Å². The van der Waals surface area contributed by atoms with Crippen molar-refractivity contribution in [3.63, 3.8) is 0 Å². The lowest BCUT2D eigenvalue weighted by Gasteiger charge is -2.11. The van der Waals surface area contributed by atoms with Gasteiger partial charge in [-0.2, -0.15) is 9.61 Å². The summed E-state index contributed by atoms with van der Waals surface area (Å²) in [6, 6.07) is 14.0. The largest absolute Gasteiger partial charge is 0.264 e. The minimum absolute atomic E-state index is 0.0422. The van der Waals surface area contributed by atoms with Gasteiger partial charge in [0.1, 0.15) is 10.7 Å². The Morgan fingerprint density at radius 2 is 1.89 bits per heavy atom. The zero-order chi connectivity index (χ0) is 18.9. The van der Waals surface area contributed by atoms with Gasteiger partial charge in [-0.15, -0.1) is 6.42 Å². The predicted molar refractivity (Wildman–Crippen MR) is 101 cm³/mol. The van der Waals surface area contributed by atoms with Gasteiger partial charge in [-0.3, -0.25) is 9.71 Å². The van der Waals surface area contributed by atoms with E-state index in [0.717, 1.165) is 5.56 Å². The molecule has 0 saturated heterocycles. The van der Waals surface area contributed by atoms with Crippen molar-refractivity contribution in [2.45, 2.75) is 4.90 Å². The fraction of sp³-hybridized carbons (Fsp3) is 0. The summed E-state index contributed by atoms with van der Waals surface area (Å²) in [5, 5.41) is 4.17. The van der Waals surface area contributed by atoms with Gasteiger partial charge in [0.25, 0.3) is 10.0 Å². The van der Waals surface area contributed by atoms with E-state index < -0.39 is 10.0 Å². The van der Waals surface area contributed by atoms with Gasteiger partial charge in [-0.05, 0) is 12.1 Å². The predicted octanol–water partition coefficient (Wildman–Crippen LogP) is 2.57. The summed E-state index contributed by atoms with van der Waals surface area (Å²) in [5.74, 6) is 2.74. The number of aromatic nitrogens is 4. The Morgan fingerprint density at radius 3 is 2.59 bits per heavy atom. The number of rotatable bonds is 4. The molecule has 1 aromatic carbocycles. The first kappa shape index (κ1) is 16.8. The summed E-state index contributed by atoms with van der Waals surface area (Å²) < 4.78 is 29.4. The van der Waals surface area contributed by atoms with Gasteiger partial charge in [0.2, 0.25) is 0 Å². The highest BCUT2D eigenvalue weighted by atomic mass is 32.2. The van der Waals surface area contributed by atoms with Crippen LogP contribution in [0.3, 0.4) is 0 Å². The number of pyridine rings is 1. The maximum Gasteiger partial charge on any atom is 0.264 e. The molecule has 0 bridgehead atoms. The highest BCUT2D eigenvalue weighted by molar-refractivity contribution is 7.92. The van der Waals surface area contributed by atoms with Crippen molar-refractivity contribution in [1.82, 2.24) is 19.6 Å². The molecular weight excluding hydrogens is 362 g/mol. The van der Waals surface area contributed by atoms with Crippen LogP contribution in [0.1, 0.15) is 5.56 Å². The van der Waals surface area contributed by atoms with Gasteiger partial charge >= 0.3 is 0 Å². The number of nitrogens with one attached hydrogen (secondary N) is 1. The molecule has 0 aliphatic carbocycles. The third-order valence-corrected chi connectivity index (χ3v) is 5.22. The van der Waals surface area contributed by atoms with Crippen LogP contribution in [-0.4, -0.2) is 28.0 Å². The molecule has 0 spiro atoms. The van der Waals surface area contributed by atoms with Crippen LogP contribution in [0.4, 0.5) is 5.82 Å². The second-order valence-electron chi connectivity index (χ2n) is 5.62. The summed E-state index contributed by atoms with van der Waals surface area (Å²) >= 11 is 0. The molecule has 8 heteroatoms. The van der Waals surface area contributed by atoms with Crippen molar-refractivity contribution in [2.24, 2.45) is 0 Å². The molecule has 4 rings (SSSR count). The van der Waals surface area contributed by atoms with Crippen LogP contribution >= 0.6 is 0 Å². The van der Waals surface area contributed by atoms with E-state index in [-0.39, 0.29) is 10.7 Å². The fourth-order valence-corrected chi connectivity index (χ4v) is 3.59. The zero-order valence-electron chi connectivity index (χ0n) is 13.9. The van der Waals surface area contributed by atoms with Crippen LogP contribution in [0, 0.1) is 12.3 Å². The summed E-state index contributed by atoms with van der Waals surface area (Å²) in [6.45, 7) is 0. The average molecular weight is 375 g/mol. The second-order valence-corrected chi connectivity index (χ2v) is 7.31. The summed E-state index contributed by atoms with van der Waals surface area (Å²) in [6.07, 6.45) is 9.77. The number of hydrogen-bond acceptors (Lipinski definition) is 5. The van der Waals surface area contributed by atoms with Gasteiger partial charge in [0, 0.05) is 24.0 Å². The molecule has 0 atom stereocenters. The van der Waals surface area contributed by atoms with Crippen LogP contribution in [-0.2, 0) is 10.0 Å². The van der Waals surface area contributed by atoms with Crippen molar-refractivity contribution in [3.8, 4) is 23.6 Å². The standard InChI is InChI=1S/C19H13N5O2S/c1-2-14-12-21-24-18(23-27(25,26)16-9-6-10-20-13-16)11-17(22-19(14)24)15-7-4-3-5-8-15/h1,3-13,23H. The van der Waals surface area contributed by atoms with E-state index in [9.17, 15) is 8.42 Å². The monoisotopic (exact) mass is 375 g/mol. The van der Waals surface area contributed by atoms with Crippen molar-refractivity contribution in [3.05, 3.63) is 72.7 Å². The molecule has 132 valence electrons. The molecule has 4 aromatic rings. The summed E-state index contributed by atoms with van der Waals surface area (Å²) in [4.78, 5) is 8.45. The number of sulfonamides is 1. The Kier molecular flexibility index (Phi) is 4.06. The molecule has 27 heavy (non-hydrogen) atoms. The van der Waals surface area contributed by atoms with Crippen LogP contribution in [0.25, 0.3) is 16.9 Å². The van der Waals surface area contributed by atoms with Gasteiger partial charge in [0.05, 0.1) is 17.5 Å². The van der Waals surface area contributed by atoms with E-state index in [1.165, 1.54) is 29.2 Å². The molecule has 3 aromatic heterocycles. The highest BCUT2D eigenvalue weighted by Gasteiger charge is 2.19. The van der Waals surface area contributed by atoms with Crippen LogP contribution in [0.5, 0.6) is 0 Å². The zero-order valence-corrected chi connectivity index (χ0v) is 14.8. The Morgan fingerprint density at radius 1 is 1.07 bits per heavy atom. The minimum Gasteiger partial charge on any atom is -0.263 e. The van der Waals surface area contributed by atoms with E-state index >= 15 is 0 Å². The number of benzene rings is 1. The van der Waals surface area contributed by atoms with Crippen LogP contribution < -0.4 is 4.72 Å². The first-order valence-corrected chi connectivity index (χ1v) is 9.40. The molecule has 1 N–H and O–H groups in total. The molecule has 0 amide bonds. The average Bonchev–Trinajstić information content (AvgIpc) is 3.12. The second kappa shape index (κ2) is 6.55. The maximum atomic E-state index is 12.7. The Hall–Kier alpha value is -3.70. The lowest BCUT2D eigenvalue weighted by atomic mass is 10.1. The van der Waals surface area contributed by atoms with Crippen LogP contribution in [0.2, 0.25) is 0 Å². The first-order valence-electron chi connectivity index (χ1n) is 7.92. The lowest BCUT2D eigenvalue weighted by Crippen LogP contribution is -2.16. The highest BCUT2D eigenvalue weighted by Crippen LogP contribution is 2.25. The van der Waals surface area contributed by atoms with Gasteiger partial charge in [0.15, 0.2) is 5.65 Å². The van der Waals surface area contributed by atoms with Crippen molar-refractivity contribution in [1.29, 1.82) is 0 Å². The van der Waals surface area contributed by atoms with E-state index in [4.69, 9.17) is 6.42 Å². The fourth-order valence-electron chi connectivity index (χ4n) is 2.60. The van der Waals surface area contributed by atoms with Gasteiger partial charge in [-0.25, -0.2) is 13.4 Å². The number of nitrogens with zero attached hydrogens (tertiary/aromatic N) is 4. The molecule has 7 nitrogen and oxygen atoms in total. The summed E-state index contributed by atoms with van der Waals surface area (Å²) in [7, 11) is -3.85. The van der Waals surface area contributed by atoms with E-state index in [2.05, 4.69) is 25.7 Å². The van der Waals surface area contributed by atoms with Gasteiger partial charge in [-0.1, -0.05) is 36.3 Å². The number of fused-ring (bicyclic) bond motifs is 1. The van der Waals surface area contributed by atoms with Crippen LogP contribution in [0.15, 0.2) is 72.0 Å². The molecule has 0 saturated carbocycles. The molecule has 3 heterocycles. The van der Waals surface area contributed by atoms with Crippen molar-refractivity contribution in [2.75, 3.05) is 4.72 Å². The third-order valence-electron chi connectivity index (χ3n) is 3.88. The summed E-state index contributed by atoms with van der Waals surface area (Å²) in [5.41, 5.74) is 2.26. The quantitative estimate of drug-likeness (QED) is 0.554. The Bertz CT molecular complexity index is 1260. The maximum absolute atomic E-state index is 12.7. The number of terminal acetylenes is 1. The topological polar surface area (TPSA) is 89.2 Å². The normalized spacial score (nSPS) is 11.2. The molecule has 0 radical (unpaired) electrons. The molecule has 0 aliphatic heterocycles. The molecule has 0 unspecified atom stereocenters. The Labute approximate surface area is 155 Å². The minimum atomic E-state index is -3.85. The Balaban J connectivity index is 1.90. The van der Waals surface area contributed by atoms with E-state index in [1.54, 1.807) is 12.1 Å². The number of anilines is 1.